The molecule has 6 heteroatoms. The first kappa shape index (κ1) is 24.5. The summed E-state index contributed by atoms with van der Waals surface area (Å²) in [4.78, 5) is 12.7. The Kier molecular flexibility index (Phi) is 7.22. The second-order valence-corrected chi connectivity index (χ2v) is 9.21. The largest absolute Gasteiger partial charge is 0.439 e. The van der Waals surface area contributed by atoms with Crippen LogP contribution in [0.1, 0.15) is 32.3 Å². The predicted octanol–water partition coefficient (Wildman–Crippen LogP) is 6.50. The zero-order chi connectivity index (χ0) is 25.0. The van der Waals surface area contributed by atoms with E-state index in [2.05, 4.69) is 60.3 Å². The quantitative estimate of drug-likeness (QED) is 0.362. The highest BCUT2D eigenvalue weighted by molar-refractivity contribution is 5.90. The maximum absolute atomic E-state index is 12.7. The van der Waals surface area contributed by atoms with Crippen LogP contribution >= 0.6 is 0 Å². The van der Waals surface area contributed by atoms with Crippen LogP contribution in [0.15, 0.2) is 79.0 Å². The van der Waals surface area contributed by atoms with Crippen LogP contribution in [0.3, 0.4) is 0 Å². The number of ether oxygens (including phenoxy) is 2. The summed E-state index contributed by atoms with van der Waals surface area (Å²) in [6.07, 6.45) is 6.66. The summed E-state index contributed by atoms with van der Waals surface area (Å²) in [5, 5.41) is 7.19. The van der Waals surface area contributed by atoms with Gasteiger partial charge in [-0.15, -0.1) is 0 Å². The van der Waals surface area contributed by atoms with Crippen LogP contribution in [0.25, 0.3) is 22.3 Å². The van der Waals surface area contributed by atoms with Gasteiger partial charge < -0.3 is 9.47 Å². The molecule has 1 aliphatic rings. The van der Waals surface area contributed by atoms with Gasteiger partial charge in [-0.3, -0.25) is 10.00 Å². The number of aromatic nitrogens is 2. The van der Waals surface area contributed by atoms with E-state index in [1.165, 1.54) is 24.0 Å². The number of carbonyl (C=O) groups excluding carboxylic acids is 1. The third kappa shape index (κ3) is 5.38. The lowest BCUT2D eigenvalue weighted by Gasteiger charge is -2.19. The Labute approximate surface area is 207 Å². The lowest BCUT2D eigenvalue weighted by Crippen LogP contribution is -2.28. The fraction of sp³-hybridized carbons (Fsp3) is 0.310. The van der Waals surface area contributed by atoms with E-state index in [1.54, 1.807) is 31.1 Å². The van der Waals surface area contributed by atoms with Crippen molar-refractivity contribution in [1.82, 2.24) is 9.78 Å². The second kappa shape index (κ2) is 10.3. The molecule has 3 aromatic rings. The smallest absolute Gasteiger partial charge is 0.413 e. The molecule has 0 aliphatic heterocycles. The van der Waals surface area contributed by atoms with Gasteiger partial charge in [-0.2, -0.15) is 5.10 Å². The van der Waals surface area contributed by atoms with Crippen LogP contribution in [0.5, 0.6) is 0 Å². The minimum atomic E-state index is -0.584. The molecule has 0 saturated heterocycles. The first-order valence-electron chi connectivity index (χ1n) is 11.9. The van der Waals surface area contributed by atoms with Crippen molar-refractivity contribution in [3.05, 3.63) is 84.6 Å². The Bertz CT molecular complexity index is 1220. The molecule has 0 radical (unpaired) electrons. The SMILES string of the molecule is C=CC(=CC)C(COC)OC(=O)Nc1c(-c2ccc(-c3ccc(C4(C)CC4)cc3)cc2)cnn1C. The zero-order valence-electron chi connectivity index (χ0n) is 20.9. The number of aryl methyl sites for hydroxylation is 1. The van der Waals surface area contributed by atoms with Crippen LogP contribution in [0, 0.1) is 0 Å². The molecule has 6 nitrogen and oxygen atoms in total. The number of carbonyl (C=O) groups is 1. The van der Waals surface area contributed by atoms with Crippen LogP contribution in [0.2, 0.25) is 0 Å². The van der Waals surface area contributed by atoms with Gasteiger partial charge >= 0.3 is 6.09 Å². The van der Waals surface area contributed by atoms with Gasteiger partial charge in [0, 0.05) is 19.7 Å². The number of nitrogens with zero attached hydrogens (tertiary/aromatic N) is 2. The highest BCUT2D eigenvalue weighted by atomic mass is 16.6. The summed E-state index contributed by atoms with van der Waals surface area (Å²) in [6, 6.07) is 17.1. The van der Waals surface area contributed by atoms with Crippen molar-refractivity contribution in [2.45, 2.75) is 38.2 Å². The summed E-state index contributed by atoms with van der Waals surface area (Å²) in [6.45, 7) is 8.21. The molecule has 0 bridgehead atoms. The molecule has 1 aliphatic carbocycles. The molecule has 4 rings (SSSR count). The molecule has 1 heterocycles. The molecular formula is C29H33N3O3. The number of amides is 1. The van der Waals surface area contributed by atoms with Crippen molar-refractivity contribution in [1.29, 1.82) is 0 Å². The minimum absolute atomic E-state index is 0.235. The topological polar surface area (TPSA) is 65.4 Å². The minimum Gasteiger partial charge on any atom is -0.439 e. The standard InChI is InChI=1S/C29H33N3O3/c1-6-20(7-2)26(19-34-5)35-28(33)31-27-25(18-30-32(27)4)23-10-8-21(9-11-23)22-12-14-24(15-13-22)29(3)16-17-29/h6-15,18,26H,1,16-17,19H2,2-5H3,(H,31,33). The Hall–Kier alpha value is -3.64. The summed E-state index contributed by atoms with van der Waals surface area (Å²) in [7, 11) is 3.35. The molecule has 1 N–H and O–H groups in total. The highest BCUT2D eigenvalue weighted by Crippen LogP contribution is 2.47. The van der Waals surface area contributed by atoms with E-state index in [1.807, 2.05) is 25.1 Å². The molecule has 1 unspecified atom stereocenters. The van der Waals surface area contributed by atoms with Gasteiger partial charge in [-0.05, 0) is 53.0 Å². The molecule has 1 amide bonds. The Morgan fingerprint density at radius 1 is 1.14 bits per heavy atom. The molecule has 35 heavy (non-hydrogen) atoms. The van der Waals surface area contributed by atoms with Gasteiger partial charge in [0.25, 0.3) is 0 Å². The molecule has 182 valence electrons. The van der Waals surface area contributed by atoms with Crippen molar-refractivity contribution < 1.29 is 14.3 Å². The lowest BCUT2D eigenvalue weighted by atomic mass is 9.95. The zero-order valence-corrected chi connectivity index (χ0v) is 20.9. The van der Waals surface area contributed by atoms with E-state index in [-0.39, 0.29) is 6.61 Å². The number of hydrogen-bond acceptors (Lipinski definition) is 4. The van der Waals surface area contributed by atoms with Crippen molar-refractivity contribution in [2.75, 3.05) is 19.0 Å². The van der Waals surface area contributed by atoms with Crippen molar-refractivity contribution in [3.8, 4) is 22.3 Å². The maximum Gasteiger partial charge on any atom is 0.413 e. The second-order valence-electron chi connectivity index (χ2n) is 9.21. The first-order valence-corrected chi connectivity index (χ1v) is 11.9. The number of benzene rings is 2. The van der Waals surface area contributed by atoms with Crippen LogP contribution in [0.4, 0.5) is 10.6 Å². The predicted molar refractivity (Wildman–Crippen MR) is 140 cm³/mol. The highest BCUT2D eigenvalue weighted by Gasteiger charge is 2.38. The van der Waals surface area contributed by atoms with Crippen LogP contribution in [-0.4, -0.2) is 35.7 Å². The van der Waals surface area contributed by atoms with Crippen molar-refractivity contribution >= 4 is 11.9 Å². The van der Waals surface area contributed by atoms with Gasteiger partial charge in [0.15, 0.2) is 6.10 Å². The molecule has 1 saturated carbocycles. The van der Waals surface area contributed by atoms with Gasteiger partial charge in [0.2, 0.25) is 0 Å². The number of anilines is 1. The monoisotopic (exact) mass is 471 g/mol. The van der Waals surface area contributed by atoms with Gasteiger partial charge in [0.1, 0.15) is 5.82 Å². The van der Waals surface area contributed by atoms with E-state index in [0.29, 0.717) is 11.2 Å². The molecule has 1 atom stereocenters. The Balaban J connectivity index is 1.50. The fourth-order valence-electron chi connectivity index (χ4n) is 4.22. The normalized spacial score (nSPS) is 15.4. The average Bonchev–Trinajstić information content (AvgIpc) is 3.53. The van der Waals surface area contributed by atoms with Crippen LogP contribution in [-0.2, 0) is 21.9 Å². The number of allylic oxidation sites excluding steroid dienone is 1. The van der Waals surface area contributed by atoms with E-state index in [0.717, 1.165) is 22.3 Å². The van der Waals surface area contributed by atoms with Crippen molar-refractivity contribution in [3.63, 3.8) is 0 Å². The summed E-state index contributed by atoms with van der Waals surface area (Å²) >= 11 is 0. The van der Waals surface area contributed by atoms with Crippen molar-refractivity contribution in [2.24, 2.45) is 7.05 Å². The van der Waals surface area contributed by atoms with Gasteiger partial charge in [-0.25, -0.2) is 4.79 Å². The maximum atomic E-state index is 12.7. The lowest BCUT2D eigenvalue weighted by molar-refractivity contribution is 0.0665. The molecule has 0 spiro atoms. The Morgan fingerprint density at radius 2 is 1.74 bits per heavy atom. The summed E-state index contributed by atoms with van der Waals surface area (Å²) < 4.78 is 12.4. The van der Waals surface area contributed by atoms with E-state index >= 15 is 0 Å². The van der Waals surface area contributed by atoms with E-state index in [4.69, 9.17) is 9.47 Å². The molecular weight excluding hydrogens is 438 g/mol. The third-order valence-electron chi connectivity index (χ3n) is 6.78. The summed E-state index contributed by atoms with van der Waals surface area (Å²) in [5.74, 6) is 0.557. The number of rotatable bonds is 9. The first-order chi connectivity index (χ1) is 16.9. The summed E-state index contributed by atoms with van der Waals surface area (Å²) in [5.41, 5.74) is 6.66. The van der Waals surface area contributed by atoms with Crippen LogP contribution < -0.4 is 5.32 Å². The fourth-order valence-corrected chi connectivity index (χ4v) is 4.22. The Morgan fingerprint density at radius 3 is 2.29 bits per heavy atom. The molecule has 2 aromatic carbocycles. The number of methoxy groups -OCH3 is 1. The van der Waals surface area contributed by atoms with Gasteiger partial charge in [0.05, 0.1) is 12.8 Å². The van der Waals surface area contributed by atoms with Gasteiger partial charge in [-0.1, -0.05) is 74.2 Å². The molecule has 1 aromatic heterocycles. The average molecular weight is 472 g/mol. The van der Waals surface area contributed by atoms with E-state index in [9.17, 15) is 4.79 Å². The number of hydrogen-bond donors (Lipinski definition) is 1. The third-order valence-corrected chi connectivity index (χ3v) is 6.78. The molecule has 1 fully saturated rings. The number of nitrogens with one attached hydrogen (secondary N) is 1. The van der Waals surface area contributed by atoms with E-state index < -0.39 is 12.2 Å².